The maximum atomic E-state index is 5.81. The zero-order valence-corrected chi connectivity index (χ0v) is 8.00. The Labute approximate surface area is 76.4 Å². The van der Waals surface area contributed by atoms with E-state index in [0.717, 1.165) is 16.6 Å². The molecule has 0 bridgehead atoms. The molecule has 4 nitrogen and oxygen atoms in total. The largest absolute Gasteiger partial charge is 0.383 e. The molecule has 0 amide bonds. The predicted molar refractivity (Wildman–Crippen MR) is 52.4 cm³/mol. The highest BCUT2D eigenvalue weighted by Gasteiger charge is 2.09. The number of anilines is 1. The van der Waals surface area contributed by atoms with E-state index >= 15 is 0 Å². The fourth-order valence-electron chi connectivity index (χ4n) is 1.63. The first kappa shape index (κ1) is 8.04. The van der Waals surface area contributed by atoms with Gasteiger partial charge in [0, 0.05) is 13.2 Å². The Balaban J connectivity index is 2.97. The number of aromatic nitrogens is 3. The second-order valence-corrected chi connectivity index (χ2v) is 3.28. The monoisotopic (exact) mass is 176 g/mol. The Hall–Kier alpha value is -1.58. The van der Waals surface area contributed by atoms with Gasteiger partial charge in [0.1, 0.15) is 17.3 Å². The highest BCUT2D eigenvalue weighted by atomic mass is 15.1. The number of aryl methyl sites for hydroxylation is 3. The summed E-state index contributed by atoms with van der Waals surface area (Å²) in [7, 11) is 1.96. The summed E-state index contributed by atoms with van der Waals surface area (Å²) in [6, 6.07) is 0. The number of nitrogens with two attached hydrogens (primary N) is 1. The number of rotatable bonds is 0. The van der Waals surface area contributed by atoms with Crippen molar-refractivity contribution < 1.29 is 0 Å². The summed E-state index contributed by atoms with van der Waals surface area (Å²) in [6.45, 7) is 3.86. The van der Waals surface area contributed by atoms with Crippen molar-refractivity contribution >= 4 is 16.9 Å². The molecule has 0 saturated heterocycles. The van der Waals surface area contributed by atoms with Crippen molar-refractivity contribution in [2.24, 2.45) is 7.05 Å². The second-order valence-electron chi connectivity index (χ2n) is 3.28. The molecule has 2 N–H and O–H groups in total. The Morgan fingerprint density at radius 3 is 2.69 bits per heavy atom. The van der Waals surface area contributed by atoms with Gasteiger partial charge in [0.2, 0.25) is 0 Å². The van der Waals surface area contributed by atoms with Gasteiger partial charge in [0.25, 0.3) is 0 Å². The fraction of sp³-hybridized carbons (Fsp3) is 0.333. The number of hydrogen-bond acceptors (Lipinski definition) is 3. The minimum Gasteiger partial charge on any atom is -0.383 e. The van der Waals surface area contributed by atoms with Crippen molar-refractivity contribution in [3.63, 3.8) is 0 Å². The molecule has 0 fully saturated rings. The molecular weight excluding hydrogens is 164 g/mol. The van der Waals surface area contributed by atoms with Crippen molar-refractivity contribution in [3.05, 3.63) is 17.6 Å². The summed E-state index contributed by atoms with van der Waals surface area (Å²) in [5, 5.41) is 0.966. The molecule has 0 aliphatic heterocycles. The first-order valence-corrected chi connectivity index (χ1v) is 4.15. The zero-order valence-electron chi connectivity index (χ0n) is 8.00. The van der Waals surface area contributed by atoms with Crippen LogP contribution in [0, 0.1) is 13.8 Å². The molecule has 0 radical (unpaired) electrons. The molecule has 0 aliphatic carbocycles. The fourth-order valence-corrected chi connectivity index (χ4v) is 1.63. The molecule has 0 spiro atoms. The van der Waals surface area contributed by atoms with Gasteiger partial charge in [-0.3, -0.25) is 0 Å². The van der Waals surface area contributed by atoms with Crippen LogP contribution >= 0.6 is 0 Å². The summed E-state index contributed by atoms with van der Waals surface area (Å²) < 4.78 is 1.97. The maximum Gasteiger partial charge on any atom is 0.145 e. The number of nitrogen functional groups attached to an aromatic ring is 1. The van der Waals surface area contributed by atoms with Gasteiger partial charge in [-0.2, -0.15) is 0 Å². The van der Waals surface area contributed by atoms with E-state index in [2.05, 4.69) is 9.97 Å². The van der Waals surface area contributed by atoms with E-state index in [1.165, 1.54) is 0 Å². The van der Waals surface area contributed by atoms with Crippen molar-refractivity contribution in [3.8, 4) is 0 Å². The highest BCUT2D eigenvalue weighted by Crippen LogP contribution is 2.22. The second kappa shape index (κ2) is 2.45. The topological polar surface area (TPSA) is 56.7 Å². The van der Waals surface area contributed by atoms with Crippen molar-refractivity contribution in [2.45, 2.75) is 13.8 Å². The third-order valence-electron chi connectivity index (χ3n) is 2.15. The average molecular weight is 176 g/mol. The molecule has 2 aromatic rings. The van der Waals surface area contributed by atoms with Crippen LogP contribution in [0.15, 0.2) is 6.20 Å². The Bertz CT molecular complexity index is 470. The van der Waals surface area contributed by atoms with Crippen LogP contribution in [-0.4, -0.2) is 14.5 Å². The summed E-state index contributed by atoms with van der Waals surface area (Å²) in [5.74, 6) is 1.28. The number of hydrogen-bond donors (Lipinski definition) is 1. The van der Waals surface area contributed by atoms with Crippen molar-refractivity contribution in [2.75, 3.05) is 5.73 Å². The van der Waals surface area contributed by atoms with Crippen molar-refractivity contribution in [1.82, 2.24) is 14.5 Å². The smallest absolute Gasteiger partial charge is 0.145 e. The lowest BCUT2D eigenvalue weighted by atomic mass is 10.2. The van der Waals surface area contributed by atoms with Gasteiger partial charge in [0.15, 0.2) is 0 Å². The molecule has 0 aromatic carbocycles. The zero-order chi connectivity index (χ0) is 9.59. The molecule has 0 unspecified atom stereocenters. The van der Waals surface area contributed by atoms with E-state index in [1.807, 2.05) is 31.7 Å². The lowest BCUT2D eigenvalue weighted by Gasteiger charge is -1.99. The van der Waals surface area contributed by atoms with Gasteiger partial charge >= 0.3 is 0 Å². The normalized spacial score (nSPS) is 11.0. The minimum atomic E-state index is 0.570. The maximum absolute atomic E-state index is 5.81. The lowest BCUT2D eigenvalue weighted by Crippen LogP contribution is -1.98. The van der Waals surface area contributed by atoms with Crippen LogP contribution in [0.1, 0.15) is 11.4 Å². The van der Waals surface area contributed by atoms with Crippen LogP contribution in [0.25, 0.3) is 11.0 Å². The van der Waals surface area contributed by atoms with Crippen molar-refractivity contribution in [1.29, 1.82) is 0 Å². The molecule has 4 heteroatoms. The molecule has 0 aliphatic rings. The summed E-state index contributed by atoms with van der Waals surface area (Å²) in [4.78, 5) is 8.46. The molecule has 0 atom stereocenters. The standard InChI is InChI=1S/C9H12N4/c1-5-4-13(3)9-7(5)8(10)11-6(2)12-9/h4H,1-3H3,(H2,10,11,12). The van der Waals surface area contributed by atoms with Gasteiger partial charge in [-0.1, -0.05) is 0 Å². The average Bonchev–Trinajstić information content (AvgIpc) is 2.27. The number of nitrogens with zero attached hydrogens (tertiary/aromatic N) is 3. The van der Waals surface area contributed by atoms with Gasteiger partial charge in [-0.25, -0.2) is 9.97 Å². The Morgan fingerprint density at radius 1 is 1.31 bits per heavy atom. The summed E-state index contributed by atoms with van der Waals surface area (Å²) >= 11 is 0. The molecular formula is C9H12N4. The van der Waals surface area contributed by atoms with Gasteiger partial charge in [0.05, 0.1) is 5.39 Å². The highest BCUT2D eigenvalue weighted by molar-refractivity contribution is 5.89. The molecule has 68 valence electrons. The van der Waals surface area contributed by atoms with E-state index in [4.69, 9.17) is 5.73 Å². The first-order chi connectivity index (χ1) is 6.09. The third-order valence-corrected chi connectivity index (χ3v) is 2.15. The van der Waals surface area contributed by atoms with Crippen LogP contribution in [0.5, 0.6) is 0 Å². The molecule has 2 rings (SSSR count). The summed E-state index contributed by atoms with van der Waals surface area (Å²) in [5.41, 5.74) is 7.83. The van der Waals surface area contributed by atoms with Crippen LogP contribution in [-0.2, 0) is 7.05 Å². The van der Waals surface area contributed by atoms with E-state index in [9.17, 15) is 0 Å². The van der Waals surface area contributed by atoms with E-state index in [1.54, 1.807) is 0 Å². The Kier molecular flexibility index (Phi) is 1.52. The van der Waals surface area contributed by atoms with Gasteiger partial charge in [-0.05, 0) is 19.4 Å². The summed E-state index contributed by atoms with van der Waals surface area (Å²) in [6.07, 6.45) is 2.01. The molecule has 13 heavy (non-hydrogen) atoms. The van der Waals surface area contributed by atoms with Crippen LogP contribution in [0.2, 0.25) is 0 Å². The van der Waals surface area contributed by atoms with E-state index in [0.29, 0.717) is 11.6 Å². The van der Waals surface area contributed by atoms with E-state index < -0.39 is 0 Å². The lowest BCUT2D eigenvalue weighted by molar-refractivity contribution is 0.930. The molecule has 0 saturated carbocycles. The third kappa shape index (κ3) is 1.06. The quantitative estimate of drug-likeness (QED) is 0.655. The first-order valence-electron chi connectivity index (χ1n) is 4.15. The van der Waals surface area contributed by atoms with E-state index in [-0.39, 0.29) is 0 Å². The molecule has 2 aromatic heterocycles. The molecule has 2 heterocycles. The van der Waals surface area contributed by atoms with Gasteiger partial charge < -0.3 is 10.3 Å². The number of fused-ring (bicyclic) bond motifs is 1. The van der Waals surface area contributed by atoms with Crippen LogP contribution in [0.3, 0.4) is 0 Å². The SMILES string of the molecule is Cc1nc(N)c2c(C)cn(C)c2n1. The van der Waals surface area contributed by atoms with Crippen LogP contribution in [0.4, 0.5) is 5.82 Å². The Morgan fingerprint density at radius 2 is 2.00 bits per heavy atom. The van der Waals surface area contributed by atoms with Crippen LogP contribution < -0.4 is 5.73 Å². The van der Waals surface area contributed by atoms with Gasteiger partial charge in [-0.15, -0.1) is 0 Å². The minimum absolute atomic E-state index is 0.570. The predicted octanol–water partition coefficient (Wildman–Crippen LogP) is 1.17.